The second kappa shape index (κ2) is 4.55. The quantitative estimate of drug-likeness (QED) is 0.818. The third-order valence-electron chi connectivity index (χ3n) is 2.55. The van der Waals surface area contributed by atoms with Crippen molar-refractivity contribution < 1.29 is 9.90 Å². The van der Waals surface area contributed by atoms with Gasteiger partial charge in [-0.05, 0) is 5.41 Å². The summed E-state index contributed by atoms with van der Waals surface area (Å²) < 4.78 is 1.83. The smallest absolute Gasteiger partial charge is 0.305 e. The van der Waals surface area contributed by atoms with E-state index in [1.165, 1.54) is 0 Å². The normalized spacial score (nSPS) is 13.5. The van der Waals surface area contributed by atoms with Crippen LogP contribution < -0.4 is 5.32 Å². The Bertz CT molecular complexity index is 366. The van der Waals surface area contributed by atoms with Crippen molar-refractivity contribution in [2.75, 3.05) is 5.32 Å². The van der Waals surface area contributed by atoms with Gasteiger partial charge in [-0.25, -0.2) is 4.98 Å². The summed E-state index contributed by atoms with van der Waals surface area (Å²) in [5.74, 6) is -0.109. The highest BCUT2D eigenvalue weighted by atomic mass is 16.4. The van der Waals surface area contributed by atoms with Crippen molar-refractivity contribution in [1.82, 2.24) is 9.55 Å². The fourth-order valence-corrected chi connectivity index (χ4v) is 1.41. The third-order valence-corrected chi connectivity index (χ3v) is 2.55. The molecule has 5 heteroatoms. The molecule has 90 valence electrons. The van der Waals surface area contributed by atoms with E-state index < -0.39 is 5.97 Å². The Labute approximate surface area is 95.5 Å². The number of imidazole rings is 1. The average Bonchev–Trinajstić information content (AvgIpc) is 2.48. The predicted molar refractivity (Wildman–Crippen MR) is 62.3 cm³/mol. The van der Waals surface area contributed by atoms with Crippen molar-refractivity contribution in [3.63, 3.8) is 0 Å². The molecule has 0 saturated heterocycles. The van der Waals surface area contributed by atoms with Gasteiger partial charge in [0.2, 0.25) is 5.95 Å². The zero-order chi connectivity index (χ0) is 12.3. The zero-order valence-electron chi connectivity index (χ0n) is 10.2. The van der Waals surface area contributed by atoms with E-state index in [-0.39, 0.29) is 17.9 Å². The van der Waals surface area contributed by atoms with Gasteiger partial charge in [-0.2, -0.15) is 0 Å². The van der Waals surface area contributed by atoms with Crippen molar-refractivity contribution in [2.24, 2.45) is 12.5 Å². The first kappa shape index (κ1) is 12.5. The van der Waals surface area contributed by atoms with Crippen LogP contribution in [0, 0.1) is 5.41 Å². The lowest BCUT2D eigenvalue weighted by Crippen LogP contribution is -2.36. The van der Waals surface area contributed by atoms with Gasteiger partial charge in [0.25, 0.3) is 0 Å². The Morgan fingerprint density at radius 3 is 2.62 bits per heavy atom. The van der Waals surface area contributed by atoms with Gasteiger partial charge in [0.15, 0.2) is 0 Å². The maximum Gasteiger partial charge on any atom is 0.305 e. The van der Waals surface area contributed by atoms with Crippen molar-refractivity contribution >= 4 is 11.9 Å². The van der Waals surface area contributed by atoms with Gasteiger partial charge in [-0.1, -0.05) is 20.8 Å². The molecule has 0 aliphatic heterocycles. The number of hydrogen-bond donors (Lipinski definition) is 2. The van der Waals surface area contributed by atoms with E-state index in [9.17, 15) is 4.79 Å². The number of carboxylic acid groups (broad SMARTS) is 1. The molecule has 0 radical (unpaired) electrons. The minimum atomic E-state index is -0.804. The van der Waals surface area contributed by atoms with Crippen molar-refractivity contribution in [2.45, 2.75) is 33.2 Å². The minimum Gasteiger partial charge on any atom is -0.481 e. The van der Waals surface area contributed by atoms with Crippen LogP contribution in [0.2, 0.25) is 0 Å². The SMILES string of the molecule is Cn1ccnc1NC(CC(=O)O)C(C)(C)C. The maximum absolute atomic E-state index is 10.8. The highest BCUT2D eigenvalue weighted by molar-refractivity contribution is 5.68. The van der Waals surface area contributed by atoms with Gasteiger partial charge < -0.3 is 15.0 Å². The van der Waals surface area contributed by atoms with E-state index in [0.717, 1.165) is 0 Å². The lowest BCUT2D eigenvalue weighted by molar-refractivity contribution is -0.137. The van der Waals surface area contributed by atoms with Crippen LogP contribution in [0.5, 0.6) is 0 Å². The van der Waals surface area contributed by atoms with E-state index in [2.05, 4.69) is 10.3 Å². The molecular formula is C11H19N3O2. The number of anilines is 1. The molecule has 1 atom stereocenters. The van der Waals surface area contributed by atoms with E-state index in [0.29, 0.717) is 5.95 Å². The molecule has 1 unspecified atom stereocenters. The summed E-state index contributed by atoms with van der Waals surface area (Å²) in [7, 11) is 1.87. The first-order chi connectivity index (χ1) is 7.30. The number of nitrogens with one attached hydrogen (secondary N) is 1. The van der Waals surface area contributed by atoms with Crippen molar-refractivity contribution in [3.05, 3.63) is 12.4 Å². The van der Waals surface area contributed by atoms with Gasteiger partial charge in [0.1, 0.15) is 0 Å². The molecular weight excluding hydrogens is 206 g/mol. The molecule has 0 spiro atoms. The van der Waals surface area contributed by atoms with Gasteiger partial charge in [-0.3, -0.25) is 4.79 Å². The summed E-state index contributed by atoms with van der Waals surface area (Å²) in [6.45, 7) is 6.03. The number of aliphatic carboxylic acids is 1. The summed E-state index contributed by atoms with van der Waals surface area (Å²) >= 11 is 0. The lowest BCUT2D eigenvalue weighted by Gasteiger charge is -2.30. The molecule has 0 aromatic carbocycles. The summed E-state index contributed by atoms with van der Waals surface area (Å²) in [6.07, 6.45) is 3.59. The van der Waals surface area contributed by atoms with Crippen LogP contribution in [-0.2, 0) is 11.8 Å². The molecule has 0 bridgehead atoms. The summed E-state index contributed by atoms with van der Waals surface area (Å²) in [4.78, 5) is 14.9. The molecule has 0 aliphatic carbocycles. The Morgan fingerprint density at radius 2 is 2.25 bits per heavy atom. The van der Waals surface area contributed by atoms with Gasteiger partial charge in [0, 0.05) is 25.5 Å². The Kier molecular flexibility index (Phi) is 3.57. The third kappa shape index (κ3) is 3.25. The monoisotopic (exact) mass is 225 g/mol. The Balaban J connectivity index is 2.79. The highest BCUT2D eigenvalue weighted by Crippen LogP contribution is 2.24. The molecule has 1 rings (SSSR count). The highest BCUT2D eigenvalue weighted by Gasteiger charge is 2.27. The lowest BCUT2D eigenvalue weighted by atomic mass is 9.85. The fourth-order valence-electron chi connectivity index (χ4n) is 1.41. The summed E-state index contributed by atoms with van der Waals surface area (Å²) in [5, 5.41) is 12.0. The van der Waals surface area contributed by atoms with Gasteiger partial charge in [-0.15, -0.1) is 0 Å². The molecule has 0 amide bonds. The van der Waals surface area contributed by atoms with E-state index >= 15 is 0 Å². The molecule has 16 heavy (non-hydrogen) atoms. The summed E-state index contributed by atoms with van der Waals surface area (Å²) in [6, 6.07) is -0.147. The molecule has 0 saturated carbocycles. The number of carbonyl (C=O) groups is 1. The fraction of sp³-hybridized carbons (Fsp3) is 0.636. The first-order valence-corrected chi connectivity index (χ1v) is 5.26. The van der Waals surface area contributed by atoms with Crippen molar-refractivity contribution in [3.8, 4) is 0 Å². The summed E-state index contributed by atoms with van der Waals surface area (Å²) in [5.41, 5.74) is -0.135. The molecule has 0 aliphatic rings. The molecule has 0 fully saturated rings. The molecule has 2 N–H and O–H groups in total. The van der Waals surface area contributed by atoms with Crippen LogP contribution in [0.1, 0.15) is 27.2 Å². The number of rotatable bonds is 4. The van der Waals surface area contributed by atoms with Crippen LogP contribution in [0.15, 0.2) is 12.4 Å². The van der Waals surface area contributed by atoms with Crippen molar-refractivity contribution in [1.29, 1.82) is 0 Å². The van der Waals surface area contributed by atoms with Crippen LogP contribution in [0.25, 0.3) is 0 Å². The van der Waals surface area contributed by atoms with E-state index in [1.54, 1.807) is 6.20 Å². The number of hydrogen-bond acceptors (Lipinski definition) is 3. The maximum atomic E-state index is 10.8. The molecule has 1 heterocycles. The Hall–Kier alpha value is -1.52. The average molecular weight is 225 g/mol. The second-order valence-electron chi connectivity index (χ2n) is 5.02. The van der Waals surface area contributed by atoms with E-state index in [4.69, 9.17) is 5.11 Å². The largest absolute Gasteiger partial charge is 0.481 e. The second-order valence-corrected chi connectivity index (χ2v) is 5.02. The predicted octanol–water partition coefficient (Wildman–Crippen LogP) is 1.72. The number of nitrogens with zero attached hydrogens (tertiary/aromatic N) is 2. The number of carboxylic acids is 1. The van der Waals surface area contributed by atoms with Gasteiger partial charge in [0.05, 0.1) is 6.42 Å². The zero-order valence-corrected chi connectivity index (χ0v) is 10.2. The Morgan fingerprint density at radius 1 is 1.62 bits per heavy atom. The van der Waals surface area contributed by atoms with Gasteiger partial charge >= 0.3 is 5.97 Å². The number of aromatic nitrogens is 2. The van der Waals surface area contributed by atoms with Crippen LogP contribution in [-0.4, -0.2) is 26.7 Å². The van der Waals surface area contributed by atoms with Crippen LogP contribution >= 0.6 is 0 Å². The van der Waals surface area contributed by atoms with E-state index in [1.807, 2.05) is 38.6 Å². The number of aryl methyl sites for hydroxylation is 1. The molecule has 1 aromatic rings. The first-order valence-electron chi connectivity index (χ1n) is 5.26. The van der Waals surface area contributed by atoms with Crippen LogP contribution in [0.4, 0.5) is 5.95 Å². The minimum absolute atomic E-state index is 0.0797. The molecule has 1 aromatic heterocycles. The van der Waals surface area contributed by atoms with Crippen LogP contribution in [0.3, 0.4) is 0 Å². The molecule has 5 nitrogen and oxygen atoms in total. The topological polar surface area (TPSA) is 67.2 Å². The standard InChI is InChI=1S/C11H19N3O2/c1-11(2,3)8(7-9(15)16)13-10-12-5-6-14(10)4/h5-6,8H,7H2,1-4H3,(H,12,13)(H,15,16).